The van der Waals surface area contributed by atoms with Gasteiger partial charge in [0.25, 0.3) is 5.91 Å². The Morgan fingerprint density at radius 2 is 0.845 bits per heavy atom. The number of ether oxygens (including phenoxy) is 12. The zero-order valence-corrected chi connectivity index (χ0v) is 69.2. The first kappa shape index (κ1) is 98.4. The van der Waals surface area contributed by atoms with Crippen molar-refractivity contribution in [1.82, 2.24) is 26.2 Å². The van der Waals surface area contributed by atoms with Crippen LogP contribution < -0.4 is 21.3 Å². The summed E-state index contributed by atoms with van der Waals surface area (Å²) in [5, 5.41) is 129. The van der Waals surface area contributed by atoms with E-state index in [0.29, 0.717) is 51.5 Å². The molecule has 36 heteroatoms. The van der Waals surface area contributed by atoms with Crippen molar-refractivity contribution in [2.45, 2.75) is 355 Å². The number of nitrogens with zero attached hydrogens (tertiary/aromatic N) is 1. The number of hydrogen-bond donors (Lipinski definition) is 15. The van der Waals surface area contributed by atoms with Crippen LogP contribution in [0.3, 0.4) is 0 Å². The van der Waals surface area contributed by atoms with Gasteiger partial charge in [0.2, 0.25) is 23.6 Å². The van der Waals surface area contributed by atoms with Crippen LogP contribution in [0.25, 0.3) is 0 Å². The second-order valence-corrected chi connectivity index (χ2v) is 33.0. The Labute approximate surface area is 680 Å². The van der Waals surface area contributed by atoms with Gasteiger partial charge in [-0.1, -0.05) is 90.9 Å². The van der Waals surface area contributed by atoms with Crippen LogP contribution in [0, 0.1) is 35.5 Å². The molecule has 0 aromatic rings. The van der Waals surface area contributed by atoms with E-state index in [-0.39, 0.29) is 118 Å². The molecule has 8 aliphatic rings. The van der Waals surface area contributed by atoms with Gasteiger partial charge in [-0.2, -0.15) is 0 Å². The Hall–Kier alpha value is -4.72. The molecule has 668 valence electrons. The Morgan fingerprint density at radius 1 is 0.466 bits per heavy atom. The molecule has 4 saturated heterocycles. The molecule has 0 spiro atoms. The predicted molar refractivity (Wildman–Crippen MR) is 409 cm³/mol. The van der Waals surface area contributed by atoms with E-state index in [1.165, 1.54) is 46.8 Å². The van der Waals surface area contributed by atoms with E-state index >= 15 is 0 Å². The minimum absolute atomic E-state index is 0.0632. The van der Waals surface area contributed by atoms with Crippen molar-refractivity contribution in [1.29, 1.82) is 0 Å². The molecule has 0 aromatic heterocycles. The highest BCUT2D eigenvalue weighted by atomic mass is 16.7. The Balaban J connectivity index is 0.000000321. The molecule has 4 heterocycles. The average molecular weight is 1660 g/mol. The summed E-state index contributed by atoms with van der Waals surface area (Å²) in [4.78, 5) is 105. The first-order chi connectivity index (χ1) is 55.3. The van der Waals surface area contributed by atoms with E-state index in [4.69, 9.17) is 56.8 Å². The molecule has 5 amide bonds. The average Bonchev–Trinajstić information content (AvgIpc) is 0.776. The molecule has 8 fully saturated rings. The summed E-state index contributed by atoms with van der Waals surface area (Å²) in [6.07, 6.45) is -17.5. The first-order valence-electron chi connectivity index (χ1n) is 42.0. The predicted octanol–water partition coefficient (Wildman–Crippen LogP) is -0.168. The van der Waals surface area contributed by atoms with Crippen molar-refractivity contribution < 1.29 is 151 Å². The maximum Gasteiger partial charge on any atom is 0.332 e. The van der Waals surface area contributed by atoms with Gasteiger partial charge in [0.1, 0.15) is 103 Å². The normalized spacial score (nSPS) is 36.5. The van der Waals surface area contributed by atoms with E-state index in [0.717, 1.165) is 64.2 Å². The molecular formula is C80H137N5O31. The highest BCUT2D eigenvalue weighted by molar-refractivity contribution is 5.82. The molecule has 4 aliphatic heterocycles. The lowest BCUT2D eigenvalue weighted by Gasteiger charge is -2.49. The van der Waals surface area contributed by atoms with Crippen LogP contribution in [-0.2, 0) is 95.2 Å². The van der Waals surface area contributed by atoms with Crippen LogP contribution in [0.1, 0.15) is 196 Å². The number of hydrogen-bond acceptors (Lipinski definition) is 30. The lowest BCUT2D eigenvalue weighted by molar-refractivity contribution is -0.338. The number of carbonyl (C=O) groups is 8. The maximum absolute atomic E-state index is 13.8. The highest BCUT2D eigenvalue weighted by Gasteiger charge is 2.56. The van der Waals surface area contributed by atoms with E-state index in [9.17, 15) is 94.5 Å². The number of aliphatic hydroxyl groups excluding tert-OH is 10. The van der Waals surface area contributed by atoms with Crippen molar-refractivity contribution in [3.05, 3.63) is 0 Å². The molecule has 36 nitrogen and oxygen atoms in total. The van der Waals surface area contributed by atoms with Gasteiger partial charge in [0, 0.05) is 92.8 Å². The van der Waals surface area contributed by atoms with E-state index < -0.39 is 202 Å². The smallest absolute Gasteiger partial charge is 0.332 e. The summed E-state index contributed by atoms with van der Waals surface area (Å²) >= 11 is 0. The van der Waals surface area contributed by atoms with Gasteiger partial charge in [0.15, 0.2) is 31.3 Å². The van der Waals surface area contributed by atoms with Gasteiger partial charge >= 0.3 is 5.97 Å². The monoisotopic (exact) mass is 1660 g/mol. The van der Waals surface area contributed by atoms with Crippen LogP contribution in [0.2, 0.25) is 0 Å². The number of aliphatic carboxylic acids is 1. The molecule has 0 bridgehead atoms. The minimum atomic E-state index is -1.64. The number of Topliss-reactive ketones (excluding diaryl/α,β-unsaturated/α-hetero) is 2. The van der Waals surface area contributed by atoms with Crippen molar-refractivity contribution in [3.63, 3.8) is 0 Å². The summed E-state index contributed by atoms with van der Waals surface area (Å²) in [6, 6.07) is -2.50. The molecule has 30 atom stereocenters. The topological polar surface area (TPSA) is 521 Å². The number of carboxylic acid groups (broad SMARTS) is 1. The number of methoxy groups -OCH3 is 2. The molecule has 0 radical (unpaired) electrons. The number of aliphatic hydroxyl groups is 10. The SMILES string of the molecule is CCC1CC(C(=O)CCCNC(=O)CCOC)C[C@@H](O[C@@H]2O[C@@H](CO)[C@H](O)C(O[C@@H](CC3CCCCC3)C(=O)N(C)C)C2NC(C)=O)[C@@H]1OC1O[C@@H](C)[C@H](O)C(O)[C@@H]1O.CCC1CC(C(=O)CCCNC(=O)CCOC)C[C@@H](O[C@@H]2O[C@@H](CO)[C@H](O)C(O[C@@H](CC3CCCCC3)C(=O)O)C2NC(C)=O)[C@@H]1OC1O[C@@H](C)[C@H](O)C(O)[C@@H]1O. The fraction of sp³-hybridized carbons (Fsp3) is 0.900. The first-order valence-corrected chi connectivity index (χ1v) is 42.0. The summed E-state index contributed by atoms with van der Waals surface area (Å²) in [5.41, 5.74) is 0. The third-order valence-electron chi connectivity index (χ3n) is 24.2. The van der Waals surface area contributed by atoms with Crippen LogP contribution in [0.5, 0.6) is 0 Å². The summed E-state index contributed by atoms with van der Waals surface area (Å²) in [6.45, 7) is 9.13. The molecule has 8 rings (SSSR count). The summed E-state index contributed by atoms with van der Waals surface area (Å²) < 4.78 is 72.7. The number of likely N-dealkylation sites (N-methyl/N-ethyl adjacent to an activating group) is 1. The van der Waals surface area contributed by atoms with Crippen LogP contribution >= 0.6 is 0 Å². The second kappa shape index (κ2) is 48.8. The Morgan fingerprint density at radius 3 is 1.19 bits per heavy atom. The molecule has 4 saturated carbocycles. The zero-order chi connectivity index (χ0) is 85.2. The van der Waals surface area contributed by atoms with Crippen molar-refractivity contribution in [2.24, 2.45) is 35.5 Å². The molecule has 116 heavy (non-hydrogen) atoms. The van der Waals surface area contributed by atoms with Crippen LogP contribution in [0.4, 0.5) is 0 Å². The van der Waals surface area contributed by atoms with Crippen molar-refractivity contribution in [3.8, 4) is 0 Å². The third kappa shape index (κ3) is 28.2. The molecule has 0 aromatic carbocycles. The van der Waals surface area contributed by atoms with Gasteiger partial charge in [-0.15, -0.1) is 0 Å². The Kier molecular flexibility index (Phi) is 41.4. The maximum atomic E-state index is 13.8. The molecule has 12 unspecified atom stereocenters. The number of nitrogens with one attached hydrogen (secondary N) is 4. The second-order valence-electron chi connectivity index (χ2n) is 33.0. The third-order valence-corrected chi connectivity index (χ3v) is 24.2. The van der Waals surface area contributed by atoms with Gasteiger partial charge in [-0.3, -0.25) is 33.6 Å². The quantitative estimate of drug-likeness (QED) is 0.0354. The summed E-state index contributed by atoms with van der Waals surface area (Å²) in [7, 11) is 6.24. The fourth-order valence-corrected chi connectivity index (χ4v) is 17.5. The standard InChI is InChI=1S/C41H71N3O15.C39H66N2O16/c1-7-25-19-26(27(47)14-11-16-42-31(48)15-17-54-6)20-28(37(25)59-41-36(52)35(51)33(49)22(2)55-41)57-40-32(43-23(3)46)38(34(50)30(21-45)58-40)56-29(39(53)44(4)5)18-24-12-9-8-10-13-24;1-5-23-17-24(25(44)12-9-14-40-29(45)13-15-52-4)18-26(35(23)57-39-34(49)33(48)31(46)20(2)53-39)55-38-30(41-21(3)43)36(32(47)28(19-42)56-38)54-27(37(50)51)16-22-10-7-6-8-11-22/h22,24-26,28-30,32-38,40-41,45,49-52H,7-21H2,1-6H3,(H,42,48)(H,43,46);20,22-24,26-28,30-36,38-39,42,46-49H,5-19H2,1-4H3,(H,40,45)(H,41,43)(H,50,51)/t22-,25?,26?,28+,29-,30-,32?,33-,34-,35?,36-,37+,38?,40+,41?;20-,23?,24?,26+,27-,28-,30?,31-,32-,33?,34-,35+,36?,38+,39?/m00/s1. The van der Waals surface area contributed by atoms with Gasteiger partial charge in [-0.05, 0) is 88.9 Å². The van der Waals surface area contributed by atoms with Gasteiger partial charge < -0.3 is 139 Å². The van der Waals surface area contributed by atoms with E-state index in [1.807, 2.05) is 13.8 Å². The van der Waals surface area contributed by atoms with E-state index in [2.05, 4.69) is 21.3 Å². The number of rotatable bonds is 40. The molecular weight excluding hydrogens is 1530 g/mol. The number of amides is 5. The molecule has 15 N–H and O–H groups in total. The Bertz CT molecular complexity index is 3010. The van der Waals surface area contributed by atoms with Crippen molar-refractivity contribution >= 4 is 47.1 Å². The molecule has 4 aliphatic carbocycles. The number of carboxylic acids is 1. The minimum Gasteiger partial charge on any atom is -0.479 e. The van der Waals surface area contributed by atoms with Gasteiger partial charge in [0.05, 0.1) is 63.1 Å². The zero-order valence-electron chi connectivity index (χ0n) is 69.2. The van der Waals surface area contributed by atoms with Crippen LogP contribution in [0.15, 0.2) is 0 Å². The largest absolute Gasteiger partial charge is 0.479 e. The van der Waals surface area contributed by atoms with Crippen LogP contribution in [-0.4, -0.2) is 335 Å². The van der Waals surface area contributed by atoms with E-state index in [1.54, 1.807) is 14.1 Å². The van der Waals surface area contributed by atoms with Gasteiger partial charge in [-0.25, -0.2) is 4.79 Å². The van der Waals surface area contributed by atoms with Crippen molar-refractivity contribution in [2.75, 3.05) is 67.8 Å². The summed E-state index contributed by atoms with van der Waals surface area (Å²) in [5.74, 6) is -4.72. The fourth-order valence-electron chi connectivity index (χ4n) is 17.5. The lowest BCUT2D eigenvalue weighted by Crippen LogP contribution is -2.67. The lowest BCUT2D eigenvalue weighted by atomic mass is 9.74. The number of ketones is 2. The highest BCUT2D eigenvalue weighted by Crippen LogP contribution is 2.44. The number of carbonyl (C=O) groups excluding carboxylic acids is 7.